The van der Waals surface area contributed by atoms with Gasteiger partial charge in [0.15, 0.2) is 5.65 Å². The van der Waals surface area contributed by atoms with E-state index in [1.165, 1.54) is 10.8 Å². The van der Waals surface area contributed by atoms with Crippen molar-refractivity contribution >= 4 is 22.4 Å². The minimum Gasteiger partial charge on any atom is -0.336 e. The number of nitrogens with zero attached hydrogens (tertiary/aromatic N) is 6. The molecular formula is C28H29N7. The summed E-state index contributed by atoms with van der Waals surface area (Å²) in [6.45, 7) is 6.25. The van der Waals surface area contributed by atoms with Crippen LogP contribution in [0.3, 0.4) is 0 Å². The molecule has 2 aromatic carbocycles. The molecule has 1 aliphatic heterocycles. The van der Waals surface area contributed by atoms with Crippen LogP contribution in [0.4, 0.5) is 5.95 Å². The first-order valence-electron chi connectivity index (χ1n) is 12.3. The van der Waals surface area contributed by atoms with Gasteiger partial charge in [-0.1, -0.05) is 50.2 Å². The van der Waals surface area contributed by atoms with E-state index in [9.17, 15) is 0 Å². The van der Waals surface area contributed by atoms with Gasteiger partial charge in [0, 0.05) is 43.1 Å². The van der Waals surface area contributed by atoms with Gasteiger partial charge in [-0.25, -0.2) is 9.97 Å². The van der Waals surface area contributed by atoms with E-state index in [0.717, 1.165) is 59.9 Å². The second kappa shape index (κ2) is 9.07. The molecule has 1 atom stereocenters. The lowest BCUT2D eigenvalue weighted by molar-refractivity contribution is 0.519. The topological polar surface area (TPSA) is 71.2 Å². The Morgan fingerprint density at radius 3 is 2.66 bits per heavy atom. The van der Waals surface area contributed by atoms with Crippen molar-refractivity contribution in [1.82, 2.24) is 29.9 Å². The predicted molar refractivity (Wildman–Crippen MR) is 140 cm³/mol. The van der Waals surface area contributed by atoms with Gasteiger partial charge in [-0.15, -0.1) is 0 Å². The van der Waals surface area contributed by atoms with E-state index in [-0.39, 0.29) is 0 Å². The van der Waals surface area contributed by atoms with Gasteiger partial charge < -0.3 is 10.2 Å². The first-order chi connectivity index (χ1) is 17.2. The Morgan fingerprint density at radius 1 is 1.00 bits per heavy atom. The maximum atomic E-state index is 5.29. The number of rotatable bonds is 6. The van der Waals surface area contributed by atoms with E-state index >= 15 is 0 Å². The molecule has 1 saturated heterocycles. The summed E-state index contributed by atoms with van der Waals surface area (Å²) in [5.41, 5.74) is 4.80. The number of pyridine rings is 1. The van der Waals surface area contributed by atoms with Crippen LogP contribution in [-0.4, -0.2) is 49.7 Å². The third-order valence-corrected chi connectivity index (χ3v) is 6.80. The molecule has 7 heteroatoms. The molecule has 35 heavy (non-hydrogen) atoms. The van der Waals surface area contributed by atoms with Crippen LogP contribution >= 0.6 is 0 Å². The van der Waals surface area contributed by atoms with E-state index in [4.69, 9.17) is 9.97 Å². The van der Waals surface area contributed by atoms with Crippen molar-refractivity contribution in [2.24, 2.45) is 0 Å². The van der Waals surface area contributed by atoms with Crippen molar-refractivity contribution in [3.63, 3.8) is 0 Å². The lowest BCUT2D eigenvalue weighted by Gasteiger charge is -2.28. The van der Waals surface area contributed by atoms with Crippen LogP contribution in [0.1, 0.15) is 26.7 Å². The average molecular weight is 464 g/mol. The van der Waals surface area contributed by atoms with Gasteiger partial charge in [0.1, 0.15) is 6.33 Å². The number of anilines is 1. The van der Waals surface area contributed by atoms with Crippen molar-refractivity contribution in [1.29, 1.82) is 0 Å². The Balaban J connectivity index is 1.56. The van der Waals surface area contributed by atoms with E-state index in [1.807, 2.05) is 29.0 Å². The van der Waals surface area contributed by atoms with Gasteiger partial charge in [0.25, 0.3) is 0 Å². The Bertz CT molecular complexity index is 1480. The highest BCUT2D eigenvalue weighted by Crippen LogP contribution is 2.37. The van der Waals surface area contributed by atoms with Crippen molar-refractivity contribution < 1.29 is 0 Å². The minimum absolute atomic E-state index is 0.370. The number of benzene rings is 2. The Labute approximate surface area is 204 Å². The zero-order valence-corrected chi connectivity index (χ0v) is 20.1. The lowest BCUT2D eigenvalue weighted by Crippen LogP contribution is -2.41. The molecule has 4 heterocycles. The molecule has 7 nitrogen and oxygen atoms in total. The van der Waals surface area contributed by atoms with Gasteiger partial charge in [-0.2, -0.15) is 9.61 Å². The van der Waals surface area contributed by atoms with Gasteiger partial charge in [0.05, 0.1) is 11.3 Å². The second-order valence-corrected chi connectivity index (χ2v) is 9.48. The third kappa shape index (κ3) is 4.02. The molecule has 0 radical (unpaired) electrons. The molecule has 1 N–H and O–H groups in total. The number of hydrogen-bond acceptors (Lipinski definition) is 6. The normalized spacial score (nSPS) is 16.1. The third-order valence-electron chi connectivity index (χ3n) is 6.80. The molecule has 176 valence electrons. The summed E-state index contributed by atoms with van der Waals surface area (Å²) in [5.74, 6) is 0.849. The van der Waals surface area contributed by atoms with Crippen molar-refractivity contribution in [3.05, 3.63) is 73.3 Å². The first kappa shape index (κ1) is 21.7. The van der Waals surface area contributed by atoms with Crippen LogP contribution in [-0.2, 0) is 0 Å². The Kier molecular flexibility index (Phi) is 5.62. The molecular weight excluding hydrogens is 434 g/mol. The summed E-state index contributed by atoms with van der Waals surface area (Å²) in [6, 6.07) is 19.8. The van der Waals surface area contributed by atoms with E-state index in [0.29, 0.717) is 12.1 Å². The smallest absolute Gasteiger partial charge is 0.229 e. The predicted octanol–water partition coefficient (Wildman–Crippen LogP) is 4.97. The van der Waals surface area contributed by atoms with Crippen LogP contribution in [0.5, 0.6) is 0 Å². The summed E-state index contributed by atoms with van der Waals surface area (Å²) in [6.07, 6.45) is 7.55. The van der Waals surface area contributed by atoms with Crippen molar-refractivity contribution in [2.45, 2.75) is 38.8 Å². The number of fused-ring (bicyclic) bond motifs is 2. The highest BCUT2D eigenvalue weighted by molar-refractivity contribution is 5.95. The Hall–Kier alpha value is -3.84. The van der Waals surface area contributed by atoms with E-state index in [1.54, 1.807) is 6.33 Å². The van der Waals surface area contributed by atoms with Crippen molar-refractivity contribution in [3.8, 4) is 22.4 Å². The highest BCUT2D eigenvalue weighted by Gasteiger charge is 2.30. The average Bonchev–Trinajstić information content (AvgIpc) is 3.57. The van der Waals surface area contributed by atoms with Crippen LogP contribution < -0.4 is 10.2 Å². The van der Waals surface area contributed by atoms with Gasteiger partial charge in [-0.05, 0) is 47.4 Å². The first-order valence-corrected chi connectivity index (χ1v) is 12.3. The summed E-state index contributed by atoms with van der Waals surface area (Å²) in [5, 5.41) is 10.6. The van der Waals surface area contributed by atoms with E-state index in [2.05, 4.69) is 76.6 Å². The number of aromatic nitrogens is 5. The van der Waals surface area contributed by atoms with Gasteiger partial charge in [-0.3, -0.25) is 4.98 Å². The molecule has 0 amide bonds. The fraction of sp³-hybridized carbons (Fsp3) is 0.286. The number of nitrogens with one attached hydrogen (secondary N) is 1. The van der Waals surface area contributed by atoms with Gasteiger partial charge in [0.2, 0.25) is 5.95 Å². The molecule has 1 fully saturated rings. The molecule has 0 spiro atoms. The lowest BCUT2D eigenvalue weighted by atomic mass is 9.98. The second-order valence-electron chi connectivity index (χ2n) is 9.48. The Morgan fingerprint density at radius 2 is 1.83 bits per heavy atom. The zero-order valence-electron chi connectivity index (χ0n) is 20.1. The highest BCUT2D eigenvalue weighted by atomic mass is 15.4. The fourth-order valence-corrected chi connectivity index (χ4v) is 5.07. The monoisotopic (exact) mass is 463 g/mol. The molecule has 0 bridgehead atoms. The largest absolute Gasteiger partial charge is 0.336 e. The van der Waals surface area contributed by atoms with Crippen LogP contribution in [0.25, 0.3) is 38.8 Å². The van der Waals surface area contributed by atoms with Crippen LogP contribution in [0.2, 0.25) is 0 Å². The summed E-state index contributed by atoms with van der Waals surface area (Å²) >= 11 is 0. The van der Waals surface area contributed by atoms with Crippen LogP contribution in [0, 0.1) is 0 Å². The maximum Gasteiger partial charge on any atom is 0.229 e. The molecule has 0 saturated carbocycles. The zero-order chi connectivity index (χ0) is 23.8. The summed E-state index contributed by atoms with van der Waals surface area (Å²) in [7, 11) is 0. The summed E-state index contributed by atoms with van der Waals surface area (Å²) in [4.78, 5) is 16.7. The SMILES string of the molecule is CC(C)NC[C@H]1CCCN1c1nc(-c2ccncc2)c(-c2ccc3ccccc3c2)c2ncnn12. The quantitative estimate of drug-likeness (QED) is 0.383. The van der Waals surface area contributed by atoms with E-state index < -0.39 is 0 Å². The molecule has 5 aromatic rings. The fourth-order valence-electron chi connectivity index (χ4n) is 5.07. The van der Waals surface area contributed by atoms with Gasteiger partial charge >= 0.3 is 0 Å². The molecule has 1 aliphatic rings. The minimum atomic E-state index is 0.370. The maximum absolute atomic E-state index is 5.29. The number of hydrogen-bond donors (Lipinski definition) is 1. The molecule has 3 aromatic heterocycles. The van der Waals surface area contributed by atoms with Crippen molar-refractivity contribution in [2.75, 3.05) is 18.0 Å². The standard InChI is InChI=1S/C28H29N7/c1-19(2)30-17-24-8-5-15-34(24)28-33-26(21-11-13-29-14-12-21)25(27-31-18-32-35(27)28)23-10-9-20-6-3-4-7-22(20)16-23/h3-4,6-7,9-14,16,18-19,24,30H,5,8,15,17H2,1-2H3/t24-/m1/s1. The van der Waals surface area contributed by atoms with Crippen LogP contribution in [0.15, 0.2) is 73.3 Å². The molecule has 6 rings (SSSR count). The molecule has 0 aliphatic carbocycles. The molecule has 0 unspecified atom stereocenters. The summed E-state index contributed by atoms with van der Waals surface area (Å²) < 4.78 is 1.92.